The fraction of sp³-hybridized carbons (Fsp3) is 0.458. The Hall–Kier alpha value is -2.17. The van der Waals surface area contributed by atoms with Crippen LogP contribution in [-0.2, 0) is 6.42 Å². The molecule has 1 fully saturated rings. The number of nitrogens with zero attached hydrogens (tertiary/aromatic N) is 2. The molecule has 4 rings (SSSR count). The fourth-order valence-corrected chi connectivity index (χ4v) is 4.52. The zero-order valence-electron chi connectivity index (χ0n) is 16.9. The molecule has 1 amide bonds. The lowest BCUT2D eigenvalue weighted by Gasteiger charge is -2.38. The third kappa shape index (κ3) is 4.45. The summed E-state index contributed by atoms with van der Waals surface area (Å²) in [4.78, 5) is 17.4. The van der Waals surface area contributed by atoms with Gasteiger partial charge < -0.3 is 10.2 Å². The maximum atomic E-state index is 12.2. The highest BCUT2D eigenvalue weighted by Crippen LogP contribution is 2.35. The molecule has 1 unspecified atom stereocenters. The highest BCUT2D eigenvalue weighted by Gasteiger charge is 2.29. The molecule has 1 N–H and O–H groups in total. The fourth-order valence-electron chi connectivity index (χ4n) is 4.52. The minimum absolute atomic E-state index is 0.0321. The average molecular weight is 378 g/mol. The Morgan fingerprint density at radius 2 is 1.79 bits per heavy atom. The summed E-state index contributed by atoms with van der Waals surface area (Å²) in [5, 5.41) is 3.05. The van der Waals surface area contributed by atoms with Crippen LogP contribution >= 0.6 is 0 Å². The van der Waals surface area contributed by atoms with Crippen LogP contribution in [-0.4, -0.2) is 55.0 Å². The van der Waals surface area contributed by atoms with Crippen LogP contribution in [0, 0.1) is 6.92 Å². The van der Waals surface area contributed by atoms with E-state index in [0.717, 1.165) is 51.3 Å². The molecule has 1 aliphatic carbocycles. The lowest BCUT2D eigenvalue weighted by atomic mass is 10.1. The van der Waals surface area contributed by atoms with Crippen LogP contribution in [0.1, 0.15) is 45.9 Å². The summed E-state index contributed by atoms with van der Waals surface area (Å²) in [6.07, 6.45) is 3.50. The second-order valence-electron chi connectivity index (χ2n) is 8.11. The minimum atomic E-state index is 0.0321. The van der Waals surface area contributed by atoms with E-state index >= 15 is 0 Å². The van der Waals surface area contributed by atoms with Gasteiger partial charge >= 0.3 is 0 Å². The summed E-state index contributed by atoms with van der Waals surface area (Å²) in [7, 11) is 0. The van der Waals surface area contributed by atoms with Crippen LogP contribution in [0.15, 0.2) is 48.5 Å². The van der Waals surface area contributed by atoms with Gasteiger partial charge in [-0.15, -0.1) is 0 Å². The molecule has 1 atom stereocenters. The topological polar surface area (TPSA) is 35.6 Å². The first-order valence-electron chi connectivity index (χ1n) is 10.6. The number of rotatable bonds is 6. The van der Waals surface area contributed by atoms with Crippen molar-refractivity contribution in [3.05, 3.63) is 70.8 Å². The van der Waals surface area contributed by atoms with Crippen LogP contribution in [0.5, 0.6) is 0 Å². The molecule has 1 saturated heterocycles. The number of carbonyl (C=O) groups is 1. The van der Waals surface area contributed by atoms with Gasteiger partial charge in [0.15, 0.2) is 0 Å². The van der Waals surface area contributed by atoms with Crippen LogP contribution < -0.4 is 5.32 Å². The van der Waals surface area contributed by atoms with E-state index in [1.54, 1.807) is 11.1 Å². The van der Waals surface area contributed by atoms with Crippen molar-refractivity contribution in [3.63, 3.8) is 0 Å². The second kappa shape index (κ2) is 8.89. The molecular weight excluding hydrogens is 346 g/mol. The molecule has 0 radical (unpaired) electrons. The molecule has 2 aromatic rings. The number of hydrogen-bond acceptors (Lipinski definition) is 3. The molecule has 4 nitrogen and oxygen atoms in total. The molecule has 0 spiro atoms. The summed E-state index contributed by atoms with van der Waals surface area (Å²) in [6.45, 7) is 8.39. The summed E-state index contributed by atoms with van der Waals surface area (Å²) in [5.41, 5.74) is 5.02. The SMILES string of the molecule is Cc1ccc(C(=O)NCCCN2CCN(C3CCc4ccccc43)CC2)cc1. The molecule has 4 heteroatoms. The predicted molar refractivity (Wildman–Crippen MR) is 114 cm³/mol. The molecular formula is C24H31N3O. The zero-order chi connectivity index (χ0) is 19.3. The van der Waals surface area contributed by atoms with E-state index in [1.807, 2.05) is 31.2 Å². The molecule has 28 heavy (non-hydrogen) atoms. The number of piperazine rings is 1. The Balaban J connectivity index is 1.16. The van der Waals surface area contributed by atoms with Crippen molar-refractivity contribution in [3.8, 4) is 0 Å². The van der Waals surface area contributed by atoms with E-state index in [9.17, 15) is 4.79 Å². The van der Waals surface area contributed by atoms with Crippen molar-refractivity contribution in [2.75, 3.05) is 39.3 Å². The van der Waals surface area contributed by atoms with Crippen molar-refractivity contribution in [1.29, 1.82) is 0 Å². The maximum Gasteiger partial charge on any atom is 0.251 e. The van der Waals surface area contributed by atoms with E-state index < -0.39 is 0 Å². The average Bonchev–Trinajstić information content (AvgIpc) is 3.16. The van der Waals surface area contributed by atoms with Gasteiger partial charge in [-0.05, 0) is 56.0 Å². The van der Waals surface area contributed by atoms with E-state index in [1.165, 1.54) is 18.4 Å². The first kappa shape index (κ1) is 19.2. The zero-order valence-corrected chi connectivity index (χ0v) is 16.9. The molecule has 0 bridgehead atoms. The van der Waals surface area contributed by atoms with Crippen molar-refractivity contribution < 1.29 is 4.79 Å². The summed E-state index contributed by atoms with van der Waals surface area (Å²) < 4.78 is 0. The van der Waals surface area contributed by atoms with Gasteiger partial charge in [-0.2, -0.15) is 0 Å². The number of benzene rings is 2. The Kier molecular flexibility index (Phi) is 6.08. The number of amides is 1. The monoisotopic (exact) mass is 377 g/mol. The Morgan fingerprint density at radius 3 is 2.57 bits per heavy atom. The van der Waals surface area contributed by atoms with Gasteiger partial charge in [-0.25, -0.2) is 0 Å². The van der Waals surface area contributed by atoms with Gasteiger partial charge in [0.05, 0.1) is 0 Å². The van der Waals surface area contributed by atoms with Crippen LogP contribution in [0.4, 0.5) is 0 Å². The van der Waals surface area contributed by atoms with Gasteiger partial charge in [-0.1, -0.05) is 42.0 Å². The van der Waals surface area contributed by atoms with Crippen molar-refractivity contribution in [1.82, 2.24) is 15.1 Å². The summed E-state index contributed by atoms with van der Waals surface area (Å²) >= 11 is 0. The molecule has 148 valence electrons. The van der Waals surface area contributed by atoms with Gasteiger partial charge in [0.1, 0.15) is 0 Å². The van der Waals surface area contributed by atoms with Crippen molar-refractivity contribution in [2.24, 2.45) is 0 Å². The summed E-state index contributed by atoms with van der Waals surface area (Å²) in [6, 6.07) is 17.3. The van der Waals surface area contributed by atoms with Gasteiger partial charge in [0.2, 0.25) is 0 Å². The third-order valence-electron chi connectivity index (χ3n) is 6.20. The first-order chi connectivity index (χ1) is 13.7. The number of fused-ring (bicyclic) bond motifs is 1. The number of nitrogens with one attached hydrogen (secondary N) is 1. The van der Waals surface area contributed by atoms with Gasteiger partial charge in [0, 0.05) is 44.3 Å². The number of hydrogen-bond donors (Lipinski definition) is 1. The maximum absolute atomic E-state index is 12.2. The predicted octanol–water partition coefficient (Wildman–Crippen LogP) is 3.42. The van der Waals surface area contributed by atoms with E-state index in [2.05, 4.69) is 39.4 Å². The van der Waals surface area contributed by atoms with E-state index in [4.69, 9.17) is 0 Å². The van der Waals surface area contributed by atoms with Crippen LogP contribution in [0.25, 0.3) is 0 Å². The lowest BCUT2D eigenvalue weighted by Crippen LogP contribution is -2.47. The molecule has 0 saturated carbocycles. The van der Waals surface area contributed by atoms with Crippen LogP contribution in [0.3, 0.4) is 0 Å². The van der Waals surface area contributed by atoms with E-state index in [-0.39, 0.29) is 5.91 Å². The normalized spacial score (nSPS) is 20.1. The Labute approximate surface area is 168 Å². The highest BCUT2D eigenvalue weighted by atomic mass is 16.1. The van der Waals surface area contributed by atoms with Crippen molar-refractivity contribution in [2.45, 2.75) is 32.2 Å². The largest absolute Gasteiger partial charge is 0.352 e. The Morgan fingerprint density at radius 1 is 1.04 bits per heavy atom. The highest BCUT2D eigenvalue weighted by molar-refractivity contribution is 5.94. The smallest absolute Gasteiger partial charge is 0.251 e. The standard InChI is InChI=1S/C24H31N3O/c1-19-7-9-21(10-8-19)24(28)25-13-4-14-26-15-17-27(18-16-26)23-12-11-20-5-2-3-6-22(20)23/h2-3,5-10,23H,4,11-18H2,1H3,(H,25,28). The molecule has 2 aliphatic rings. The number of aryl methyl sites for hydroxylation is 2. The summed E-state index contributed by atoms with van der Waals surface area (Å²) in [5.74, 6) is 0.0321. The third-order valence-corrected chi connectivity index (χ3v) is 6.20. The number of carbonyl (C=O) groups excluding carboxylic acids is 1. The minimum Gasteiger partial charge on any atom is -0.352 e. The molecule has 0 aromatic heterocycles. The van der Waals surface area contributed by atoms with E-state index in [0.29, 0.717) is 6.04 Å². The molecule has 2 aromatic carbocycles. The lowest BCUT2D eigenvalue weighted by molar-refractivity contribution is 0.0914. The van der Waals surface area contributed by atoms with Crippen LogP contribution in [0.2, 0.25) is 0 Å². The Bertz CT molecular complexity index is 794. The molecule has 1 heterocycles. The second-order valence-corrected chi connectivity index (χ2v) is 8.11. The van der Waals surface area contributed by atoms with Gasteiger partial charge in [-0.3, -0.25) is 9.69 Å². The van der Waals surface area contributed by atoms with Crippen molar-refractivity contribution >= 4 is 5.91 Å². The quantitative estimate of drug-likeness (QED) is 0.784. The molecule has 1 aliphatic heterocycles. The van der Waals surface area contributed by atoms with Gasteiger partial charge in [0.25, 0.3) is 5.91 Å². The first-order valence-corrected chi connectivity index (χ1v) is 10.6.